The molecular weight excluding hydrogens is 326 g/mol. The summed E-state index contributed by atoms with van der Waals surface area (Å²) < 4.78 is 11.5. The van der Waals surface area contributed by atoms with E-state index in [1.54, 1.807) is 0 Å². The highest BCUT2D eigenvalue weighted by molar-refractivity contribution is 5.95. The fourth-order valence-corrected chi connectivity index (χ4v) is 3.88. The molecule has 2 aliphatic rings. The van der Waals surface area contributed by atoms with Gasteiger partial charge in [0.2, 0.25) is 0 Å². The van der Waals surface area contributed by atoms with Crippen LogP contribution in [0.2, 0.25) is 0 Å². The summed E-state index contributed by atoms with van der Waals surface area (Å²) in [5.41, 5.74) is 3.24. The molecular formula is C22H25NO3. The Kier molecular flexibility index (Phi) is 5.05. The molecule has 2 fully saturated rings. The van der Waals surface area contributed by atoms with Gasteiger partial charge in [0.1, 0.15) is 0 Å². The fraction of sp³-hybridized carbons (Fsp3) is 0.409. The molecule has 2 aromatic carbocycles. The minimum Gasteiger partial charge on any atom is -0.347 e. The van der Waals surface area contributed by atoms with Gasteiger partial charge < -0.3 is 14.4 Å². The summed E-state index contributed by atoms with van der Waals surface area (Å²) in [5.74, 6) is -0.314. The van der Waals surface area contributed by atoms with Crippen LogP contribution < -0.4 is 0 Å². The predicted molar refractivity (Wildman–Crippen MR) is 100 cm³/mol. The van der Waals surface area contributed by atoms with Crippen LogP contribution >= 0.6 is 0 Å². The van der Waals surface area contributed by atoms with Crippen LogP contribution in [0.5, 0.6) is 0 Å². The minimum absolute atomic E-state index is 0.126. The van der Waals surface area contributed by atoms with E-state index in [2.05, 4.69) is 30.3 Å². The molecule has 136 valence electrons. The van der Waals surface area contributed by atoms with Gasteiger partial charge in [-0.1, -0.05) is 48.5 Å². The van der Waals surface area contributed by atoms with Gasteiger partial charge in [-0.05, 0) is 30.0 Å². The van der Waals surface area contributed by atoms with E-state index < -0.39 is 5.79 Å². The molecule has 26 heavy (non-hydrogen) atoms. The van der Waals surface area contributed by atoms with Crippen LogP contribution in [0.1, 0.15) is 34.3 Å². The summed E-state index contributed by atoms with van der Waals surface area (Å²) >= 11 is 0. The molecule has 2 saturated heterocycles. The number of hydrogen-bond donors (Lipinski definition) is 0. The standard InChI is InChI=1S/C22H25NO3/c24-21(23-14-12-22(13-15-23)25-16-17-26-22)20-9-5-4-8-19(20)11-10-18-6-2-1-3-7-18/h1-9H,10-17H2. The molecule has 4 nitrogen and oxygen atoms in total. The van der Waals surface area contributed by atoms with Crippen molar-refractivity contribution in [1.29, 1.82) is 0 Å². The number of likely N-dealkylation sites (tertiary alicyclic amines) is 1. The Hall–Kier alpha value is -2.17. The number of nitrogens with zero attached hydrogens (tertiary/aromatic N) is 1. The quantitative estimate of drug-likeness (QED) is 0.847. The number of piperidine rings is 1. The zero-order chi connectivity index (χ0) is 17.8. The van der Waals surface area contributed by atoms with Crippen molar-refractivity contribution in [2.75, 3.05) is 26.3 Å². The zero-order valence-corrected chi connectivity index (χ0v) is 15.0. The van der Waals surface area contributed by atoms with E-state index in [-0.39, 0.29) is 5.91 Å². The molecule has 2 aromatic rings. The van der Waals surface area contributed by atoms with Crippen molar-refractivity contribution in [3.05, 3.63) is 71.3 Å². The van der Waals surface area contributed by atoms with Gasteiger partial charge in [-0.3, -0.25) is 4.79 Å². The van der Waals surface area contributed by atoms with E-state index in [1.165, 1.54) is 5.56 Å². The maximum atomic E-state index is 13.1. The largest absolute Gasteiger partial charge is 0.347 e. The normalized spacial score (nSPS) is 19.0. The fourth-order valence-electron chi connectivity index (χ4n) is 3.88. The first-order valence-electron chi connectivity index (χ1n) is 9.45. The zero-order valence-electron chi connectivity index (χ0n) is 15.0. The third-order valence-corrected chi connectivity index (χ3v) is 5.40. The van der Waals surface area contributed by atoms with Gasteiger partial charge in [0.25, 0.3) is 5.91 Å². The summed E-state index contributed by atoms with van der Waals surface area (Å²) in [5, 5.41) is 0. The minimum atomic E-state index is -0.441. The highest BCUT2D eigenvalue weighted by Gasteiger charge is 2.41. The number of hydrogen-bond acceptors (Lipinski definition) is 3. The molecule has 1 amide bonds. The second-order valence-electron chi connectivity index (χ2n) is 7.04. The average molecular weight is 351 g/mol. The van der Waals surface area contributed by atoms with Gasteiger partial charge in [-0.15, -0.1) is 0 Å². The number of ether oxygens (including phenoxy) is 2. The van der Waals surface area contributed by atoms with Crippen molar-refractivity contribution in [3.63, 3.8) is 0 Å². The summed E-state index contributed by atoms with van der Waals surface area (Å²) in [6.07, 6.45) is 3.32. The number of carbonyl (C=O) groups is 1. The molecule has 2 aliphatic heterocycles. The summed E-state index contributed by atoms with van der Waals surface area (Å²) in [4.78, 5) is 15.0. The topological polar surface area (TPSA) is 38.8 Å². The van der Waals surface area contributed by atoms with Crippen molar-refractivity contribution in [1.82, 2.24) is 4.90 Å². The Morgan fingerprint density at radius 2 is 1.54 bits per heavy atom. The Labute approximate surface area is 154 Å². The second-order valence-corrected chi connectivity index (χ2v) is 7.04. The van der Waals surface area contributed by atoms with Crippen LogP contribution in [-0.2, 0) is 22.3 Å². The van der Waals surface area contributed by atoms with Crippen LogP contribution in [-0.4, -0.2) is 42.9 Å². The Bertz CT molecular complexity index is 743. The first-order chi connectivity index (χ1) is 12.8. The highest BCUT2D eigenvalue weighted by Crippen LogP contribution is 2.32. The third kappa shape index (κ3) is 3.67. The van der Waals surface area contributed by atoms with Gasteiger partial charge in [-0.25, -0.2) is 0 Å². The monoisotopic (exact) mass is 351 g/mol. The van der Waals surface area contributed by atoms with Crippen molar-refractivity contribution in [2.24, 2.45) is 0 Å². The number of carbonyl (C=O) groups excluding carboxylic acids is 1. The highest BCUT2D eigenvalue weighted by atomic mass is 16.7. The number of rotatable bonds is 4. The molecule has 1 spiro atoms. The maximum absolute atomic E-state index is 13.1. The van der Waals surface area contributed by atoms with E-state index in [9.17, 15) is 4.79 Å². The predicted octanol–water partition coefficient (Wildman–Crippen LogP) is 3.45. The van der Waals surface area contributed by atoms with Crippen LogP contribution in [0, 0.1) is 0 Å². The lowest BCUT2D eigenvalue weighted by Gasteiger charge is -2.37. The van der Waals surface area contributed by atoms with Crippen LogP contribution in [0.4, 0.5) is 0 Å². The average Bonchev–Trinajstić information content (AvgIpc) is 3.15. The first-order valence-corrected chi connectivity index (χ1v) is 9.45. The van der Waals surface area contributed by atoms with Gasteiger partial charge in [-0.2, -0.15) is 0 Å². The van der Waals surface area contributed by atoms with Crippen molar-refractivity contribution in [2.45, 2.75) is 31.5 Å². The molecule has 0 N–H and O–H groups in total. The molecule has 0 radical (unpaired) electrons. The number of benzene rings is 2. The van der Waals surface area contributed by atoms with Gasteiger partial charge in [0, 0.05) is 31.5 Å². The van der Waals surface area contributed by atoms with Crippen LogP contribution in [0.25, 0.3) is 0 Å². The van der Waals surface area contributed by atoms with E-state index >= 15 is 0 Å². The van der Waals surface area contributed by atoms with Crippen LogP contribution in [0.15, 0.2) is 54.6 Å². The summed E-state index contributed by atoms with van der Waals surface area (Å²) in [7, 11) is 0. The summed E-state index contributed by atoms with van der Waals surface area (Å²) in [6, 6.07) is 18.4. The molecule has 0 atom stereocenters. The van der Waals surface area contributed by atoms with Crippen molar-refractivity contribution < 1.29 is 14.3 Å². The van der Waals surface area contributed by atoms with E-state index in [0.29, 0.717) is 26.3 Å². The SMILES string of the molecule is O=C(c1ccccc1CCc1ccccc1)N1CCC2(CC1)OCCO2. The molecule has 0 aliphatic carbocycles. The number of aryl methyl sites for hydroxylation is 2. The van der Waals surface area contributed by atoms with E-state index in [4.69, 9.17) is 9.47 Å². The molecule has 0 aromatic heterocycles. The first kappa shape index (κ1) is 17.3. The summed E-state index contributed by atoms with van der Waals surface area (Å²) in [6.45, 7) is 2.70. The van der Waals surface area contributed by atoms with Gasteiger partial charge in [0.05, 0.1) is 13.2 Å². The molecule has 0 saturated carbocycles. The lowest BCUT2D eigenvalue weighted by Crippen LogP contribution is -2.47. The third-order valence-electron chi connectivity index (χ3n) is 5.40. The second kappa shape index (κ2) is 7.60. The Morgan fingerprint density at radius 1 is 0.885 bits per heavy atom. The lowest BCUT2D eigenvalue weighted by atomic mass is 9.97. The molecule has 4 heteroatoms. The lowest BCUT2D eigenvalue weighted by molar-refractivity contribution is -0.181. The van der Waals surface area contributed by atoms with Crippen LogP contribution in [0.3, 0.4) is 0 Å². The molecule has 2 heterocycles. The van der Waals surface area contributed by atoms with Crippen molar-refractivity contribution >= 4 is 5.91 Å². The number of amides is 1. The maximum Gasteiger partial charge on any atom is 0.254 e. The Morgan fingerprint density at radius 3 is 2.27 bits per heavy atom. The van der Waals surface area contributed by atoms with E-state index in [0.717, 1.165) is 36.8 Å². The van der Waals surface area contributed by atoms with E-state index in [1.807, 2.05) is 29.2 Å². The van der Waals surface area contributed by atoms with Crippen molar-refractivity contribution in [3.8, 4) is 0 Å². The molecule has 0 unspecified atom stereocenters. The molecule has 0 bridgehead atoms. The van der Waals surface area contributed by atoms with Gasteiger partial charge in [0.15, 0.2) is 5.79 Å². The Balaban J connectivity index is 1.43. The van der Waals surface area contributed by atoms with Gasteiger partial charge >= 0.3 is 0 Å². The molecule has 4 rings (SSSR count). The smallest absolute Gasteiger partial charge is 0.254 e.